The van der Waals surface area contributed by atoms with E-state index in [1.165, 1.54) is 12.1 Å². The summed E-state index contributed by atoms with van der Waals surface area (Å²) in [5.41, 5.74) is -0.434. The number of halogens is 3. The molecule has 1 amide bonds. The Bertz CT molecular complexity index is 704. The number of para-hydroxylation sites is 1. The molecular weight excluding hydrogens is 341 g/mol. The Morgan fingerprint density at radius 3 is 2.25 bits per heavy atom. The van der Waals surface area contributed by atoms with Crippen molar-refractivity contribution in [3.8, 4) is 5.75 Å². The molecule has 0 aliphatic rings. The first-order valence-corrected chi connectivity index (χ1v) is 7.21. The number of nitrogens with one attached hydrogen (secondary N) is 2. The van der Waals surface area contributed by atoms with Gasteiger partial charge in [0, 0.05) is 5.69 Å². The highest BCUT2D eigenvalue weighted by Gasteiger charge is 2.29. The summed E-state index contributed by atoms with van der Waals surface area (Å²) in [5, 5.41) is 4.97. The number of anilines is 1. The second-order valence-corrected chi connectivity index (χ2v) is 5.09. The minimum Gasteiger partial charge on any atom is -0.484 e. The van der Waals surface area contributed by atoms with Crippen molar-refractivity contribution < 1.29 is 22.7 Å². The molecule has 2 rings (SSSR count). The number of carbonyl (C=O) groups excluding carboxylic acids is 1. The first kappa shape index (κ1) is 17.7. The van der Waals surface area contributed by atoms with Gasteiger partial charge in [0.25, 0.3) is 5.91 Å². The molecule has 24 heavy (non-hydrogen) atoms. The highest BCUT2D eigenvalue weighted by atomic mass is 32.1. The molecule has 0 bridgehead atoms. The Kier molecular flexibility index (Phi) is 5.75. The van der Waals surface area contributed by atoms with Crippen LogP contribution < -0.4 is 15.4 Å². The van der Waals surface area contributed by atoms with Gasteiger partial charge in [-0.25, -0.2) is 0 Å². The molecule has 0 aliphatic carbocycles. The van der Waals surface area contributed by atoms with E-state index in [0.717, 1.165) is 12.1 Å². The number of rotatable bonds is 4. The number of carbonyl (C=O) groups is 1. The van der Waals surface area contributed by atoms with Gasteiger partial charge in [0.2, 0.25) is 0 Å². The summed E-state index contributed by atoms with van der Waals surface area (Å²) in [6.07, 6.45) is -4.40. The minimum atomic E-state index is -4.40. The predicted octanol–water partition coefficient (Wildman–Crippen LogP) is 3.60. The number of benzene rings is 2. The molecule has 0 radical (unpaired) electrons. The molecule has 0 atom stereocenters. The van der Waals surface area contributed by atoms with Gasteiger partial charge in [0.1, 0.15) is 5.75 Å². The fourth-order valence-corrected chi connectivity index (χ4v) is 1.96. The number of alkyl halides is 3. The second-order valence-electron chi connectivity index (χ2n) is 4.68. The van der Waals surface area contributed by atoms with Gasteiger partial charge in [0.05, 0.1) is 5.56 Å². The normalized spacial score (nSPS) is 10.8. The molecule has 0 saturated heterocycles. The van der Waals surface area contributed by atoms with E-state index in [-0.39, 0.29) is 11.7 Å². The summed E-state index contributed by atoms with van der Waals surface area (Å²) in [6, 6.07) is 13.0. The fraction of sp³-hybridized carbons (Fsp3) is 0.125. The van der Waals surface area contributed by atoms with Gasteiger partial charge in [0.15, 0.2) is 11.7 Å². The Morgan fingerprint density at radius 1 is 1.04 bits per heavy atom. The Morgan fingerprint density at radius 2 is 1.67 bits per heavy atom. The number of ether oxygens (including phenoxy) is 1. The second kappa shape index (κ2) is 7.78. The maximum absolute atomic E-state index is 12.5. The van der Waals surface area contributed by atoms with E-state index in [0.29, 0.717) is 11.4 Å². The highest BCUT2D eigenvalue weighted by Crippen LogP contribution is 2.29. The van der Waals surface area contributed by atoms with Gasteiger partial charge in [-0.3, -0.25) is 10.1 Å². The lowest BCUT2D eigenvalue weighted by atomic mass is 10.2. The smallest absolute Gasteiger partial charge is 0.416 e. The van der Waals surface area contributed by atoms with Crippen LogP contribution in [0.2, 0.25) is 0 Å². The van der Waals surface area contributed by atoms with Crippen LogP contribution in [0, 0.1) is 0 Å². The first-order valence-electron chi connectivity index (χ1n) is 6.80. The molecule has 0 saturated carbocycles. The van der Waals surface area contributed by atoms with Crippen molar-refractivity contribution in [1.29, 1.82) is 0 Å². The van der Waals surface area contributed by atoms with Gasteiger partial charge in [-0.05, 0) is 48.6 Å². The maximum atomic E-state index is 12.5. The van der Waals surface area contributed by atoms with E-state index in [1.54, 1.807) is 24.3 Å². The van der Waals surface area contributed by atoms with Crippen LogP contribution in [0.1, 0.15) is 5.56 Å². The third kappa shape index (κ3) is 5.54. The van der Waals surface area contributed by atoms with Crippen LogP contribution in [0.25, 0.3) is 0 Å². The summed E-state index contributed by atoms with van der Waals surface area (Å²) in [5.74, 6) is 0.0533. The Hall–Kier alpha value is -2.61. The lowest BCUT2D eigenvalue weighted by Gasteiger charge is -2.11. The molecule has 8 heteroatoms. The average Bonchev–Trinajstić information content (AvgIpc) is 2.53. The Balaban J connectivity index is 1.81. The van der Waals surface area contributed by atoms with E-state index in [4.69, 9.17) is 17.0 Å². The summed E-state index contributed by atoms with van der Waals surface area (Å²) in [6.45, 7) is -0.237. The standard InChI is InChI=1S/C16H13F3N2O2S/c17-16(18,19)11-6-8-12(9-7-11)20-15(24)21-14(22)10-23-13-4-2-1-3-5-13/h1-9H,10H2,(H2,20,21,22,24). The van der Waals surface area contributed by atoms with Crippen LogP contribution in [0.4, 0.5) is 18.9 Å². The van der Waals surface area contributed by atoms with Crippen LogP contribution in [0.15, 0.2) is 54.6 Å². The predicted molar refractivity (Wildman–Crippen MR) is 87.7 cm³/mol. The summed E-state index contributed by atoms with van der Waals surface area (Å²) in [4.78, 5) is 11.7. The first-order chi connectivity index (χ1) is 11.3. The number of hydrogen-bond acceptors (Lipinski definition) is 3. The zero-order chi connectivity index (χ0) is 17.6. The van der Waals surface area contributed by atoms with E-state index >= 15 is 0 Å². The molecule has 0 heterocycles. The van der Waals surface area contributed by atoms with Crippen LogP contribution in [-0.4, -0.2) is 17.6 Å². The molecule has 0 spiro atoms. The molecule has 2 aromatic carbocycles. The zero-order valence-corrected chi connectivity index (χ0v) is 13.1. The quantitative estimate of drug-likeness (QED) is 0.824. The van der Waals surface area contributed by atoms with E-state index in [9.17, 15) is 18.0 Å². The zero-order valence-electron chi connectivity index (χ0n) is 12.3. The molecule has 0 fully saturated rings. The third-order valence-corrected chi connectivity index (χ3v) is 3.04. The lowest BCUT2D eigenvalue weighted by Crippen LogP contribution is -2.37. The lowest BCUT2D eigenvalue weighted by molar-refractivity contribution is -0.137. The van der Waals surface area contributed by atoms with E-state index in [1.807, 2.05) is 6.07 Å². The van der Waals surface area contributed by atoms with Crippen LogP contribution in [0.3, 0.4) is 0 Å². The molecule has 2 aromatic rings. The van der Waals surface area contributed by atoms with Crippen molar-refractivity contribution in [1.82, 2.24) is 5.32 Å². The third-order valence-electron chi connectivity index (χ3n) is 2.84. The van der Waals surface area contributed by atoms with Crippen molar-refractivity contribution in [2.75, 3.05) is 11.9 Å². The van der Waals surface area contributed by atoms with Gasteiger partial charge in [-0.15, -0.1) is 0 Å². The molecule has 0 aromatic heterocycles. The summed E-state index contributed by atoms with van der Waals surface area (Å²) >= 11 is 4.93. The van der Waals surface area contributed by atoms with Crippen LogP contribution >= 0.6 is 12.2 Å². The molecule has 0 unspecified atom stereocenters. The topological polar surface area (TPSA) is 50.4 Å². The van der Waals surface area contributed by atoms with Crippen molar-refractivity contribution in [3.05, 3.63) is 60.2 Å². The van der Waals surface area contributed by atoms with Gasteiger partial charge in [-0.2, -0.15) is 13.2 Å². The van der Waals surface area contributed by atoms with Crippen molar-refractivity contribution >= 4 is 28.9 Å². The fourth-order valence-electron chi connectivity index (χ4n) is 1.73. The minimum absolute atomic E-state index is 0.0311. The SMILES string of the molecule is O=C(COc1ccccc1)NC(=S)Nc1ccc(C(F)(F)F)cc1. The van der Waals surface area contributed by atoms with E-state index < -0.39 is 17.6 Å². The highest BCUT2D eigenvalue weighted by molar-refractivity contribution is 7.80. The Labute approximate surface area is 141 Å². The molecule has 0 aliphatic heterocycles. The monoisotopic (exact) mass is 354 g/mol. The van der Waals surface area contributed by atoms with Crippen LogP contribution in [0.5, 0.6) is 5.75 Å². The molecule has 2 N–H and O–H groups in total. The van der Waals surface area contributed by atoms with Crippen molar-refractivity contribution in [2.45, 2.75) is 6.18 Å². The van der Waals surface area contributed by atoms with Crippen molar-refractivity contribution in [3.63, 3.8) is 0 Å². The maximum Gasteiger partial charge on any atom is 0.416 e. The summed E-state index contributed by atoms with van der Waals surface area (Å²) in [7, 11) is 0. The average molecular weight is 354 g/mol. The van der Waals surface area contributed by atoms with Gasteiger partial charge in [-0.1, -0.05) is 18.2 Å². The number of hydrogen-bond donors (Lipinski definition) is 2. The van der Waals surface area contributed by atoms with Crippen molar-refractivity contribution in [2.24, 2.45) is 0 Å². The van der Waals surface area contributed by atoms with E-state index in [2.05, 4.69) is 10.6 Å². The molecular formula is C16H13F3N2O2S. The molecule has 4 nitrogen and oxygen atoms in total. The van der Waals surface area contributed by atoms with Gasteiger partial charge >= 0.3 is 6.18 Å². The van der Waals surface area contributed by atoms with Crippen LogP contribution in [-0.2, 0) is 11.0 Å². The largest absolute Gasteiger partial charge is 0.484 e. The summed E-state index contributed by atoms with van der Waals surface area (Å²) < 4.78 is 42.6. The molecule has 126 valence electrons. The van der Waals surface area contributed by atoms with Gasteiger partial charge < -0.3 is 10.1 Å². The number of thiocarbonyl (C=S) groups is 1. The number of amides is 1.